The molecule has 0 atom stereocenters. The molecule has 0 aliphatic heterocycles. The lowest BCUT2D eigenvalue weighted by molar-refractivity contribution is -0.116. The summed E-state index contributed by atoms with van der Waals surface area (Å²) >= 11 is 0. The molecule has 1 N–H and O–H groups in total. The highest BCUT2D eigenvalue weighted by Crippen LogP contribution is 2.36. The van der Waals surface area contributed by atoms with Gasteiger partial charge in [-0.2, -0.15) is 13.2 Å². The summed E-state index contributed by atoms with van der Waals surface area (Å²) in [5, 5.41) is 2.27. The van der Waals surface area contributed by atoms with E-state index in [2.05, 4.69) is 5.32 Å². The molecule has 0 aliphatic carbocycles. The third kappa shape index (κ3) is 3.75. The lowest BCUT2D eigenvalue weighted by atomic mass is 10.1. The predicted octanol–water partition coefficient (Wildman–Crippen LogP) is 3.34. The highest BCUT2D eigenvalue weighted by molar-refractivity contribution is 7.92. The van der Waals surface area contributed by atoms with Crippen LogP contribution in [0.25, 0.3) is 0 Å². The van der Waals surface area contributed by atoms with Crippen molar-refractivity contribution in [1.29, 1.82) is 0 Å². The first-order chi connectivity index (χ1) is 9.50. The van der Waals surface area contributed by atoms with Gasteiger partial charge in [-0.25, -0.2) is 8.42 Å². The number of hydrogen-bond donors (Lipinski definition) is 1. The average molecular weight is 323 g/mol. The van der Waals surface area contributed by atoms with E-state index in [1.807, 2.05) is 0 Å². The Morgan fingerprint density at radius 1 is 1.24 bits per heavy atom. The smallest absolute Gasteiger partial charge is 0.325 e. The number of halogens is 3. The van der Waals surface area contributed by atoms with Crippen molar-refractivity contribution < 1.29 is 26.4 Å². The molecule has 0 saturated carbocycles. The molecule has 0 unspecified atom stereocenters. The van der Waals surface area contributed by atoms with Crippen molar-refractivity contribution in [2.45, 2.75) is 44.0 Å². The van der Waals surface area contributed by atoms with Gasteiger partial charge >= 0.3 is 5.51 Å². The van der Waals surface area contributed by atoms with Crippen LogP contribution in [0.1, 0.15) is 30.9 Å². The minimum atomic E-state index is -5.53. The fourth-order valence-corrected chi connectivity index (χ4v) is 2.93. The summed E-state index contributed by atoms with van der Waals surface area (Å²) in [5.74, 6) is -0.525. The van der Waals surface area contributed by atoms with E-state index in [9.17, 15) is 26.4 Å². The third-order valence-electron chi connectivity index (χ3n) is 2.78. The lowest BCUT2D eigenvalue weighted by Gasteiger charge is -2.16. The molecule has 4 nitrogen and oxygen atoms in total. The number of carbonyl (C=O) groups excluding carboxylic acids is 1. The van der Waals surface area contributed by atoms with Crippen LogP contribution in [-0.4, -0.2) is 19.8 Å². The second-order valence-corrected chi connectivity index (χ2v) is 6.61. The number of anilines is 1. The summed E-state index contributed by atoms with van der Waals surface area (Å²) in [6.07, 6.45) is 0.594. The summed E-state index contributed by atoms with van der Waals surface area (Å²) in [7, 11) is -5.53. The van der Waals surface area contributed by atoms with Gasteiger partial charge in [0, 0.05) is 6.42 Å². The lowest BCUT2D eigenvalue weighted by Crippen LogP contribution is -2.25. The predicted molar refractivity (Wildman–Crippen MR) is 72.7 cm³/mol. The highest BCUT2D eigenvalue weighted by atomic mass is 32.2. The van der Waals surface area contributed by atoms with Crippen LogP contribution in [0.2, 0.25) is 0 Å². The van der Waals surface area contributed by atoms with Crippen LogP contribution >= 0.6 is 0 Å². The van der Waals surface area contributed by atoms with Gasteiger partial charge in [-0.1, -0.05) is 13.0 Å². The van der Waals surface area contributed by atoms with Gasteiger partial charge in [0.2, 0.25) is 5.91 Å². The molecule has 0 radical (unpaired) electrons. The normalized spacial score (nSPS) is 12.3. The Hall–Kier alpha value is -1.57. The van der Waals surface area contributed by atoms with E-state index in [4.69, 9.17) is 0 Å². The Morgan fingerprint density at radius 2 is 1.81 bits per heavy atom. The molecule has 0 aromatic heterocycles. The maximum atomic E-state index is 12.7. The minimum Gasteiger partial charge on any atom is -0.325 e. The van der Waals surface area contributed by atoms with Crippen molar-refractivity contribution in [3.8, 4) is 0 Å². The summed E-state index contributed by atoms with van der Waals surface area (Å²) < 4.78 is 61.5. The SMILES string of the molecule is CCCC(=O)Nc1c(C)cc(C)cc1S(=O)(=O)C(F)(F)F. The minimum absolute atomic E-state index is 0.0961. The number of benzene rings is 1. The molecule has 1 aromatic carbocycles. The Kier molecular flexibility index (Phi) is 5.03. The molecule has 0 heterocycles. The van der Waals surface area contributed by atoms with Crippen LogP contribution in [0.3, 0.4) is 0 Å². The average Bonchev–Trinajstić information content (AvgIpc) is 2.31. The fourth-order valence-electron chi connectivity index (χ4n) is 1.85. The number of amides is 1. The van der Waals surface area contributed by atoms with Crippen molar-refractivity contribution >= 4 is 21.4 Å². The molecule has 1 rings (SSSR count). The Balaban J connectivity index is 3.48. The van der Waals surface area contributed by atoms with E-state index >= 15 is 0 Å². The van der Waals surface area contributed by atoms with Crippen LogP contribution in [-0.2, 0) is 14.6 Å². The topological polar surface area (TPSA) is 63.2 Å². The van der Waals surface area contributed by atoms with E-state index in [1.54, 1.807) is 6.92 Å². The molecule has 8 heteroatoms. The molecular formula is C13H16F3NO3S. The maximum Gasteiger partial charge on any atom is 0.501 e. The Bertz CT molecular complexity index is 651. The number of nitrogens with one attached hydrogen (secondary N) is 1. The molecule has 0 bridgehead atoms. The number of aryl methyl sites for hydroxylation is 2. The summed E-state index contributed by atoms with van der Waals surface area (Å²) in [6.45, 7) is 4.67. The highest BCUT2D eigenvalue weighted by Gasteiger charge is 2.48. The molecule has 0 saturated heterocycles. The van der Waals surface area contributed by atoms with Gasteiger partial charge < -0.3 is 5.32 Å². The molecule has 0 aliphatic rings. The van der Waals surface area contributed by atoms with Crippen LogP contribution in [0.15, 0.2) is 17.0 Å². The van der Waals surface area contributed by atoms with Crippen molar-refractivity contribution in [2.75, 3.05) is 5.32 Å². The first-order valence-electron chi connectivity index (χ1n) is 6.23. The molecular weight excluding hydrogens is 307 g/mol. The fraction of sp³-hybridized carbons (Fsp3) is 0.462. The van der Waals surface area contributed by atoms with Crippen molar-refractivity contribution in [3.05, 3.63) is 23.3 Å². The zero-order chi connectivity index (χ0) is 16.4. The zero-order valence-corrected chi connectivity index (χ0v) is 12.7. The van der Waals surface area contributed by atoms with Gasteiger partial charge in [0.1, 0.15) is 4.90 Å². The zero-order valence-electron chi connectivity index (χ0n) is 11.8. The largest absolute Gasteiger partial charge is 0.501 e. The number of carbonyl (C=O) groups is 1. The molecule has 0 fully saturated rings. The molecule has 1 aromatic rings. The van der Waals surface area contributed by atoms with Gasteiger partial charge in [-0.15, -0.1) is 0 Å². The Morgan fingerprint density at radius 3 is 2.29 bits per heavy atom. The van der Waals surface area contributed by atoms with Crippen molar-refractivity contribution in [1.82, 2.24) is 0 Å². The first kappa shape index (κ1) is 17.5. The Labute approximate surface area is 121 Å². The van der Waals surface area contributed by atoms with Crippen LogP contribution in [0.5, 0.6) is 0 Å². The first-order valence-corrected chi connectivity index (χ1v) is 7.71. The van der Waals surface area contributed by atoms with Crippen molar-refractivity contribution in [3.63, 3.8) is 0 Å². The van der Waals surface area contributed by atoms with Gasteiger partial charge in [-0.3, -0.25) is 4.79 Å². The quantitative estimate of drug-likeness (QED) is 0.924. The standard InChI is InChI=1S/C13H16F3NO3S/c1-4-5-11(18)17-12-9(3)6-8(2)7-10(12)21(19,20)13(14,15)16/h6-7H,4-5H2,1-3H3,(H,17,18). The molecule has 118 valence electrons. The van der Waals surface area contributed by atoms with Crippen molar-refractivity contribution in [2.24, 2.45) is 0 Å². The second kappa shape index (κ2) is 6.05. The second-order valence-electron chi connectivity index (χ2n) is 4.70. The van der Waals surface area contributed by atoms with Crippen LogP contribution in [0.4, 0.5) is 18.9 Å². The number of sulfone groups is 1. The van der Waals surface area contributed by atoms with Gasteiger partial charge in [0.15, 0.2) is 0 Å². The van der Waals surface area contributed by atoms with E-state index in [0.29, 0.717) is 12.0 Å². The van der Waals surface area contributed by atoms with Gasteiger partial charge in [-0.05, 0) is 37.5 Å². The molecule has 21 heavy (non-hydrogen) atoms. The third-order valence-corrected chi connectivity index (χ3v) is 4.29. The van der Waals surface area contributed by atoms with E-state index in [1.165, 1.54) is 19.9 Å². The summed E-state index contributed by atoms with van der Waals surface area (Å²) in [5.41, 5.74) is -5.10. The number of hydrogen-bond acceptors (Lipinski definition) is 3. The summed E-state index contributed by atoms with van der Waals surface area (Å²) in [6, 6.07) is 2.42. The van der Waals surface area contributed by atoms with E-state index in [0.717, 1.165) is 6.07 Å². The van der Waals surface area contributed by atoms with E-state index in [-0.39, 0.29) is 17.7 Å². The van der Waals surface area contributed by atoms with Gasteiger partial charge in [0.05, 0.1) is 5.69 Å². The maximum absolute atomic E-state index is 12.7. The van der Waals surface area contributed by atoms with Gasteiger partial charge in [0.25, 0.3) is 9.84 Å². The monoisotopic (exact) mass is 323 g/mol. The summed E-state index contributed by atoms with van der Waals surface area (Å²) in [4.78, 5) is 10.7. The van der Waals surface area contributed by atoms with Crippen LogP contribution in [0, 0.1) is 13.8 Å². The van der Waals surface area contributed by atoms with E-state index < -0.39 is 26.1 Å². The number of rotatable bonds is 4. The number of alkyl halides is 3. The van der Waals surface area contributed by atoms with Crippen LogP contribution < -0.4 is 5.32 Å². The molecule has 1 amide bonds. The molecule has 0 spiro atoms.